The highest BCUT2D eigenvalue weighted by molar-refractivity contribution is 5.94. The van der Waals surface area contributed by atoms with Crippen LogP contribution in [0, 0.1) is 5.82 Å². The monoisotopic (exact) mass is 344 g/mol. The molecule has 5 nitrogen and oxygen atoms in total. The molecule has 25 heavy (non-hydrogen) atoms. The Bertz CT molecular complexity index is 739. The van der Waals surface area contributed by atoms with Crippen LogP contribution in [0.5, 0.6) is 5.75 Å². The van der Waals surface area contributed by atoms with Gasteiger partial charge in [0, 0.05) is 31.7 Å². The lowest BCUT2D eigenvalue weighted by Gasteiger charge is -2.24. The molecule has 1 aliphatic rings. The molecule has 0 saturated carbocycles. The number of rotatable bonds is 5. The van der Waals surface area contributed by atoms with Crippen molar-refractivity contribution in [3.8, 4) is 5.75 Å². The number of likely N-dealkylation sites (tertiary alicyclic amines) is 1. The number of halogens is 1. The maximum atomic E-state index is 13.8. The van der Waals surface area contributed by atoms with E-state index in [1.807, 2.05) is 30.3 Å². The molecule has 1 amide bonds. The molecule has 1 fully saturated rings. The second-order valence-corrected chi connectivity index (χ2v) is 6.33. The highest BCUT2D eigenvalue weighted by Gasteiger charge is 2.31. The van der Waals surface area contributed by atoms with Crippen LogP contribution < -0.4 is 5.32 Å². The van der Waals surface area contributed by atoms with Gasteiger partial charge in [-0.05, 0) is 24.1 Å². The summed E-state index contributed by atoms with van der Waals surface area (Å²) < 4.78 is 13.8. The lowest BCUT2D eigenvalue weighted by molar-refractivity contribution is 0.0935. The number of phenols is 1. The van der Waals surface area contributed by atoms with E-state index in [-0.39, 0.29) is 17.4 Å². The number of aromatic hydroxyl groups is 1. The summed E-state index contributed by atoms with van der Waals surface area (Å²) in [6.07, 6.45) is 0.126. The highest BCUT2D eigenvalue weighted by atomic mass is 19.1. The third kappa shape index (κ3) is 4.35. The first-order valence-corrected chi connectivity index (χ1v) is 8.25. The standard InChI is InChI=1S/C19H21FN2O3/c20-18-9-15(23)6-7-17(18)19(25)21-10-14-8-16(24)12-22(14)11-13-4-2-1-3-5-13/h1-7,9,14,16,23-24H,8,10-12H2,(H,21,25)/t14-,16-/m1/s1. The zero-order chi connectivity index (χ0) is 17.8. The molecule has 2 aromatic carbocycles. The average molecular weight is 344 g/mol. The fourth-order valence-electron chi connectivity index (χ4n) is 3.18. The molecule has 1 saturated heterocycles. The Labute approximate surface area is 145 Å². The van der Waals surface area contributed by atoms with Crippen molar-refractivity contribution in [1.29, 1.82) is 0 Å². The first-order chi connectivity index (χ1) is 12.0. The first kappa shape index (κ1) is 17.4. The van der Waals surface area contributed by atoms with E-state index in [0.717, 1.165) is 11.6 Å². The molecule has 1 aliphatic heterocycles. The Morgan fingerprint density at radius 2 is 2.00 bits per heavy atom. The van der Waals surface area contributed by atoms with Crippen LogP contribution in [0.1, 0.15) is 22.3 Å². The summed E-state index contributed by atoms with van der Waals surface area (Å²) in [5.41, 5.74) is 1.03. The van der Waals surface area contributed by atoms with Gasteiger partial charge in [0.05, 0.1) is 11.7 Å². The van der Waals surface area contributed by atoms with Crippen LogP contribution >= 0.6 is 0 Å². The topological polar surface area (TPSA) is 72.8 Å². The smallest absolute Gasteiger partial charge is 0.254 e. The van der Waals surface area contributed by atoms with Gasteiger partial charge < -0.3 is 15.5 Å². The molecule has 2 atom stereocenters. The summed E-state index contributed by atoms with van der Waals surface area (Å²) in [6, 6.07) is 13.3. The maximum Gasteiger partial charge on any atom is 0.254 e. The Morgan fingerprint density at radius 3 is 2.72 bits per heavy atom. The van der Waals surface area contributed by atoms with Crippen molar-refractivity contribution in [2.75, 3.05) is 13.1 Å². The largest absolute Gasteiger partial charge is 0.508 e. The van der Waals surface area contributed by atoms with Gasteiger partial charge in [0.1, 0.15) is 11.6 Å². The van der Waals surface area contributed by atoms with E-state index in [1.54, 1.807) is 0 Å². The lowest BCUT2D eigenvalue weighted by atomic mass is 10.1. The summed E-state index contributed by atoms with van der Waals surface area (Å²) in [6.45, 7) is 1.55. The molecule has 1 heterocycles. The van der Waals surface area contributed by atoms with Crippen molar-refractivity contribution in [3.05, 3.63) is 65.5 Å². The fraction of sp³-hybridized carbons (Fsp3) is 0.316. The zero-order valence-corrected chi connectivity index (χ0v) is 13.7. The third-order valence-electron chi connectivity index (χ3n) is 4.43. The fourth-order valence-corrected chi connectivity index (χ4v) is 3.18. The highest BCUT2D eigenvalue weighted by Crippen LogP contribution is 2.21. The zero-order valence-electron chi connectivity index (χ0n) is 13.7. The molecular weight excluding hydrogens is 323 g/mol. The molecule has 0 aliphatic carbocycles. The van der Waals surface area contributed by atoms with E-state index in [4.69, 9.17) is 0 Å². The Hall–Kier alpha value is -2.44. The molecule has 0 aromatic heterocycles. The molecule has 3 N–H and O–H groups in total. The van der Waals surface area contributed by atoms with Crippen molar-refractivity contribution in [2.24, 2.45) is 0 Å². The molecular formula is C19H21FN2O3. The van der Waals surface area contributed by atoms with Gasteiger partial charge in [-0.2, -0.15) is 0 Å². The third-order valence-corrected chi connectivity index (χ3v) is 4.43. The number of benzene rings is 2. The van der Waals surface area contributed by atoms with E-state index < -0.39 is 17.8 Å². The van der Waals surface area contributed by atoms with Crippen molar-refractivity contribution in [1.82, 2.24) is 10.2 Å². The molecule has 6 heteroatoms. The van der Waals surface area contributed by atoms with Crippen LogP contribution in [0.15, 0.2) is 48.5 Å². The van der Waals surface area contributed by atoms with Gasteiger partial charge in [-0.1, -0.05) is 30.3 Å². The Kier molecular flexibility index (Phi) is 5.31. The van der Waals surface area contributed by atoms with Gasteiger partial charge in [-0.15, -0.1) is 0 Å². The molecule has 2 aromatic rings. The van der Waals surface area contributed by atoms with Gasteiger partial charge in [0.15, 0.2) is 0 Å². The van der Waals surface area contributed by atoms with E-state index >= 15 is 0 Å². The average Bonchev–Trinajstić information content (AvgIpc) is 2.93. The predicted octanol–water partition coefficient (Wildman–Crippen LogP) is 1.90. The number of nitrogens with zero attached hydrogens (tertiary/aromatic N) is 1. The van der Waals surface area contributed by atoms with E-state index in [2.05, 4.69) is 10.2 Å². The van der Waals surface area contributed by atoms with Crippen LogP contribution in [0.4, 0.5) is 4.39 Å². The Balaban J connectivity index is 1.61. The Morgan fingerprint density at radius 1 is 1.24 bits per heavy atom. The van der Waals surface area contributed by atoms with Crippen LogP contribution in [0.3, 0.4) is 0 Å². The molecule has 0 spiro atoms. The van der Waals surface area contributed by atoms with Crippen LogP contribution in [-0.4, -0.2) is 46.3 Å². The molecule has 0 bridgehead atoms. The number of carbonyl (C=O) groups excluding carboxylic acids is 1. The molecule has 132 valence electrons. The summed E-state index contributed by atoms with van der Waals surface area (Å²) in [4.78, 5) is 14.3. The van der Waals surface area contributed by atoms with Crippen molar-refractivity contribution in [3.63, 3.8) is 0 Å². The van der Waals surface area contributed by atoms with E-state index in [1.165, 1.54) is 12.1 Å². The van der Waals surface area contributed by atoms with Gasteiger partial charge in [-0.3, -0.25) is 9.69 Å². The van der Waals surface area contributed by atoms with Gasteiger partial charge >= 0.3 is 0 Å². The number of nitrogens with one attached hydrogen (secondary N) is 1. The minimum Gasteiger partial charge on any atom is -0.508 e. The van der Waals surface area contributed by atoms with Crippen LogP contribution in [-0.2, 0) is 6.54 Å². The molecule has 0 unspecified atom stereocenters. The van der Waals surface area contributed by atoms with Crippen molar-refractivity contribution in [2.45, 2.75) is 25.1 Å². The predicted molar refractivity (Wildman–Crippen MR) is 91.7 cm³/mol. The normalized spacial score (nSPS) is 20.6. The number of hydrogen-bond donors (Lipinski definition) is 3. The van der Waals surface area contributed by atoms with Gasteiger partial charge in [-0.25, -0.2) is 4.39 Å². The van der Waals surface area contributed by atoms with E-state index in [9.17, 15) is 19.4 Å². The summed E-state index contributed by atoms with van der Waals surface area (Å²) in [5.74, 6) is -1.51. The number of hydrogen-bond acceptors (Lipinski definition) is 4. The summed E-state index contributed by atoms with van der Waals surface area (Å²) in [5, 5.41) is 21.9. The number of amides is 1. The van der Waals surface area contributed by atoms with Crippen LogP contribution in [0.2, 0.25) is 0 Å². The van der Waals surface area contributed by atoms with Crippen molar-refractivity contribution >= 4 is 5.91 Å². The number of aliphatic hydroxyl groups is 1. The SMILES string of the molecule is O=C(NC[C@H]1C[C@@H](O)CN1Cc1ccccc1)c1ccc(O)cc1F. The van der Waals surface area contributed by atoms with E-state index in [0.29, 0.717) is 26.1 Å². The number of β-amino-alcohol motifs (C(OH)–C–C–N with tert-alkyl or cyclic N) is 1. The molecule has 0 radical (unpaired) electrons. The second-order valence-electron chi connectivity index (χ2n) is 6.33. The molecule has 3 rings (SSSR count). The summed E-state index contributed by atoms with van der Waals surface area (Å²) in [7, 11) is 0. The second kappa shape index (κ2) is 7.63. The minimum absolute atomic E-state index is 0.0145. The number of carbonyl (C=O) groups is 1. The summed E-state index contributed by atoms with van der Waals surface area (Å²) >= 11 is 0. The van der Waals surface area contributed by atoms with Gasteiger partial charge in [0.25, 0.3) is 5.91 Å². The van der Waals surface area contributed by atoms with Crippen molar-refractivity contribution < 1.29 is 19.4 Å². The quantitative estimate of drug-likeness (QED) is 0.775. The number of aliphatic hydroxyl groups excluding tert-OH is 1. The number of phenolic OH excluding ortho intramolecular Hbond substituents is 1. The first-order valence-electron chi connectivity index (χ1n) is 8.25. The minimum atomic E-state index is -0.759. The van der Waals surface area contributed by atoms with Gasteiger partial charge in [0.2, 0.25) is 0 Å². The van der Waals surface area contributed by atoms with Crippen LogP contribution in [0.25, 0.3) is 0 Å². The lowest BCUT2D eigenvalue weighted by Crippen LogP contribution is -2.40. The maximum absolute atomic E-state index is 13.8.